The number of guanidine groups is 1. The molecule has 2 aromatic heterocycles. The number of hydrogen-bond acceptors (Lipinski definition) is 5. The molecule has 0 aliphatic rings. The minimum Gasteiger partial charge on any atom is -0.444 e. The van der Waals surface area contributed by atoms with E-state index in [1.54, 1.807) is 13.2 Å². The van der Waals surface area contributed by atoms with Crippen molar-refractivity contribution in [2.24, 2.45) is 4.99 Å². The molecule has 0 aromatic carbocycles. The molecule has 0 fully saturated rings. The van der Waals surface area contributed by atoms with Crippen molar-refractivity contribution in [3.63, 3.8) is 0 Å². The van der Waals surface area contributed by atoms with Crippen LogP contribution in [-0.2, 0) is 11.3 Å². The van der Waals surface area contributed by atoms with Crippen molar-refractivity contribution in [2.75, 3.05) is 20.1 Å². The Balaban J connectivity index is 0.00000420. The van der Waals surface area contributed by atoms with Crippen LogP contribution in [0.3, 0.4) is 0 Å². The Kier molecular flexibility index (Phi) is 9.86. The summed E-state index contributed by atoms with van der Waals surface area (Å²) in [6.45, 7) is 8.95. The van der Waals surface area contributed by atoms with E-state index >= 15 is 0 Å². The van der Waals surface area contributed by atoms with Crippen molar-refractivity contribution >= 4 is 36.0 Å². The van der Waals surface area contributed by atoms with Crippen molar-refractivity contribution in [1.29, 1.82) is 0 Å². The molecule has 0 unspecified atom stereocenters. The van der Waals surface area contributed by atoms with Crippen LogP contribution >= 0.6 is 24.0 Å². The first-order valence-electron chi connectivity index (χ1n) is 9.15. The number of amides is 1. The third kappa shape index (κ3) is 8.67. The van der Waals surface area contributed by atoms with Gasteiger partial charge in [0.1, 0.15) is 17.2 Å². The number of pyridine rings is 1. The molecule has 1 amide bonds. The molecule has 0 saturated carbocycles. The van der Waals surface area contributed by atoms with Gasteiger partial charge in [0.2, 0.25) is 0 Å². The number of hydrogen-bond donors (Lipinski definition) is 3. The van der Waals surface area contributed by atoms with E-state index in [1.165, 1.54) is 0 Å². The van der Waals surface area contributed by atoms with Crippen molar-refractivity contribution in [3.05, 3.63) is 42.1 Å². The number of alkyl carbamates (subject to hydrolysis) is 1. The maximum Gasteiger partial charge on any atom is 0.407 e. The molecule has 0 bridgehead atoms. The number of nitrogens with one attached hydrogen (secondary N) is 3. The van der Waals surface area contributed by atoms with Crippen LogP contribution in [0.5, 0.6) is 0 Å². The van der Waals surface area contributed by atoms with Crippen LogP contribution in [0.4, 0.5) is 4.79 Å². The molecule has 2 heterocycles. The van der Waals surface area contributed by atoms with Crippen LogP contribution in [-0.4, -0.2) is 52.3 Å². The highest BCUT2D eigenvalue weighted by Crippen LogP contribution is 2.08. The van der Waals surface area contributed by atoms with Gasteiger partial charge in [-0.25, -0.2) is 14.8 Å². The van der Waals surface area contributed by atoms with Gasteiger partial charge >= 0.3 is 6.09 Å². The van der Waals surface area contributed by atoms with Gasteiger partial charge in [0.05, 0.1) is 0 Å². The summed E-state index contributed by atoms with van der Waals surface area (Å²) in [5.41, 5.74) is 0.520. The topological polar surface area (TPSA) is 105 Å². The number of rotatable bonds is 6. The average Bonchev–Trinajstić information content (AvgIpc) is 3.06. The van der Waals surface area contributed by atoms with Crippen LogP contribution in [0, 0.1) is 6.92 Å². The number of carbonyl (C=O) groups excluding carboxylic acids is 1. The van der Waals surface area contributed by atoms with Gasteiger partial charge in [-0.2, -0.15) is 0 Å². The molecule has 0 radical (unpaired) electrons. The number of nitrogens with zero attached hydrogens (tertiary/aromatic N) is 4. The molecule has 0 atom stereocenters. The van der Waals surface area contributed by atoms with Gasteiger partial charge in [0.25, 0.3) is 0 Å². The van der Waals surface area contributed by atoms with Gasteiger partial charge in [-0.1, -0.05) is 6.07 Å². The van der Waals surface area contributed by atoms with Gasteiger partial charge in [0.15, 0.2) is 5.96 Å². The zero-order valence-electron chi connectivity index (χ0n) is 17.5. The normalized spacial score (nSPS) is 11.4. The SMILES string of the molecule is CN=C(NCCNC(=O)OC(C)(C)C)NCc1ccc(-n2ccnc2C)nc1.I. The maximum absolute atomic E-state index is 11.6. The first kappa shape index (κ1) is 24.7. The predicted molar refractivity (Wildman–Crippen MR) is 124 cm³/mol. The Morgan fingerprint density at radius 3 is 2.45 bits per heavy atom. The molecule has 2 aromatic rings. The van der Waals surface area contributed by atoms with E-state index in [2.05, 4.69) is 30.9 Å². The summed E-state index contributed by atoms with van der Waals surface area (Å²) < 4.78 is 7.11. The summed E-state index contributed by atoms with van der Waals surface area (Å²) in [7, 11) is 1.69. The predicted octanol–water partition coefficient (Wildman–Crippen LogP) is 2.38. The third-order valence-corrected chi connectivity index (χ3v) is 3.65. The monoisotopic (exact) mass is 515 g/mol. The van der Waals surface area contributed by atoms with Crippen molar-refractivity contribution < 1.29 is 9.53 Å². The molecule has 0 saturated heterocycles. The molecule has 2 rings (SSSR count). The average molecular weight is 515 g/mol. The van der Waals surface area contributed by atoms with Crippen molar-refractivity contribution in [1.82, 2.24) is 30.5 Å². The highest BCUT2D eigenvalue weighted by atomic mass is 127. The van der Waals surface area contributed by atoms with Crippen molar-refractivity contribution in [2.45, 2.75) is 39.8 Å². The van der Waals surface area contributed by atoms with E-state index in [-0.39, 0.29) is 24.0 Å². The lowest BCUT2D eigenvalue weighted by Crippen LogP contribution is -2.42. The highest BCUT2D eigenvalue weighted by molar-refractivity contribution is 14.0. The molecule has 29 heavy (non-hydrogen) atoms. The van der Waals surface area contributed by atoms with E-state index in [0.717, 1.165) is 17.2 Å². The summed E-state index contributed by atoms with van der Waals surface area (Å²) in [6, 6.07) is 3.96. The Hall–Kier alpha value is -2.37. The molecular formula is C19H30IN7O2. The summed E-state index contributed by atoms with van der Waals surface area (Å²) in [4.78, 5) is 24.4. The zero-order chi connectivity index (χ0) is 20.6. The summed E-state index contributed by atoms with van der Waals surface area (Å²) in [6.07, 6.45) is 5.02. The molecule has 3 N–H and O–H groups in total. The molecule has 10 heteroatoms. The Bertz CT molecular complexity index is 798. The van der Waals surface area contributed by atoms with E-state index in [4.69, 9.17) is 4.74 Å². The lowest BCUT2D eigenvalue weighted by Gasteiger charge is -2.19. The minimum atomic E-state index is -0.505. The van der Waals surface area contributed by atoms with Gasteiger partial charge < -0.3 is 20.7 Å². The van der Waals surface area contributed by atoms with Crippen LogP contribution in [0.1, 0.15) is 32.2 Å². The highest BCUT2D eigenvalue weighted by Gasteiger charge is 2.15. The van der Waals surface area contributed by atoms with Gasteiger partial charge in [-0.05, 0) is 39.3 Å². The van der Waals surface area contributed by atoms with E-state index in [1.807, 2.05) is 56.8 Å². The number of carbonyl (C=O) groups is 1. The van der Waals surface area contributed by atoms with Crippen LogP contribution in [0.2, 0.25) is 0 Å². The minimum absolute atomic E-state index is 0. The van der Waals surface area contributed by atoms with Crippen molar-refractivity contribution in [3.8, 4) is 5.82 Å². The third-order valence-electron chi connectivity index (χ3n) is 3.65. The van der Waals surface area contributed by atoms with E-state index < -0.39 is 11.7 Å². The molecule has 0 aliphatic heterocycles. The quantitative estimate of drug-likeness (QED) is 0.236. The van der Waals surface area contributed by atoms with Crippen LogP contribution < -0.4 is 16.0 Å². The first-order valence-corrected chi connectivity index (χ1v) is 9.15. The van der Waals surface area contributed by atoms with Crippen LogP contribution in [0.15, 0.2) is 35.7 Å². The fourth-order valence-corrected chi connectivity index (χ4v) is 2.35. The standard InChI is InChI=1S/C19H29N7O2.HI/c1-14-21-10-11-26(14)16-7-6-15(12-24-16)13-25-17(20-5)22-8-9-23-18(27)28-19(2,3)4;/h6-7,10-12H,8-9,13H2,1-5H3,(H,23,27)(H2,20,22,25);1H. The maximum atomic E-state index is 11.6. The molecule has 0 aliphatic carbocycles. The number of imidazole rings is 1. The zero-order valence-corrected chi connectivity index (χ0v) is 19.9. The van der Waals surface area contributed by atoms with Gasteiger partial charge in [0, 0.05) is 45.3 Å². The second-order valence-electron chi connectivity index (χ2n) is 7.15. The summed E-state index contributed by atoms with van der Waals surface area (Å²) >= 11 is 0. The van der Waals surface area contributed by atoms with E-state index in [9.17, 15) is 4.79 Å². The van der Waals surface area contributed by atoms with Crippen LogP contribution in [0.25, 0.3) is 5.82 Å². The second kappa shape index (κ2) is 11.6. The number of aryl methyl sites for hydroxylation is 1. The summed E-state index contributed by atoms with van der Waals surface area (Å²) in [5, 5.41) is 9.04. The fraction of sp³-hybridized carbons (Fsp3) is 0.474. The lowest BCUT2D eigenvalue weighted by atomic mass is 10.2. The summed E-state index contributed by atoms with van der Waals surface area (Å²) in [5.74, 6) is 2.36. The smallest absolute Gasteiger partial charge is 0.407 e. The first-order chi connectivity index (χ1) is 13.3. The second-order valence-corrected chi connectivity index (χ2v) is 7.15. The molecule has 0 spiro atoms. The molecule has 9 nitrogen and oxygen atoms in total. The van der Waals surface area contributed by atoms with Gasteiger partial charge in [-0.3, -0.25) is 9.56 Å². The largest absolute Gasteiger partial charge is 0.444 e. The number of ether oxygens (including phenoxy) is 1. The number of halogens is 1. The molecule has 160 valence electrons. The molecular weight excluding hydrogens is 485 g/mol. The fourth-order valence-electron chi connectivity index (χ4n) is 2.35. The number of aliphatic imine (C=N–C) groups is 1. The van der Waals surface area contributed by atoms with E-state index in [0.29, 0.717) is 25.6 Å². The Morgan fingerprint density at radius 2 is 1.90 bits per heavy atom. The van der Waals surface area contributed by atoms with Gasteiger partial charge in [-0.15, -0.1) is 24.0 Å². The Morgan fingerprint density at radius 1 is 1.17 bits per heavy atom. The number of aromatic nitrogens is 3. The lowest BCUT2D eigenvalue weighted by molar-refractivity contribution is 0.0529. The Labute approximate surface area is 188 Å².